The minimum absolute atomic E-state index is 0.214. The Hall–Kier alpha value is -1.12. The first-order chi connectivity index (χ1) is 7.74. The van der Waals surface area contributed by atoms with E-state index in [0.29, 0.717) is 0 Å². The lowest BCUT2D eigenvalue weighted by atomic mass is 10.1. The van der Waals surface area contributed by atoms with Crippen molar-refractivity contribution in [3.05, 3.63) is 48.6 Å². The van der Waals surface area contributed by atoms with Crippen LogP contribution in [0.4, 0.5) is 0 Å². The summed E-state index contributed by atoms with van der Waals surface area (Å²) in [5.41, 5.74) is 1.25. The summed E-state index contributed by atoms with van der Waals surface area (Å²) in [5, 5.41) is 8.78. The van der Waals surface area contributed by atoms with Crippen LogP contribution in [0.15, 0.2) is 48.6 Å². The van der Waals surface area contributed by atoms with E-state index in [-0.39, 0.29) is 6.61 Å². The van der Waals surface area contributed by atoms with Gasteiger partial charge in [0.05, 0.1) is 6.61 Å². The van der Waals surface area contributed by atoms with Gasteiger partial charge in [0.15, 0.2) is 0 Å². The normalized spacial score (nSPS) is 13.1. The molecule has 0 atom stereocenters. The molecule has 0 fully saturated rings. The summed E-state index contributed by atoms with van der Waals surface area (Å²) in [6.07, 6.45) is 12.9. The lowest BCUT2D eigenvalue weighted by Crippen LogP contribution is -2.23. The second-order valence-corrected chi connectivity index (χ2v) is 3.64. The van der Waals surface area contributed by atoms with Crippen LogP contribution in [-0.4, -0.2) is 36.8 Å². The molecular weight excluding hydrogens is 198 g/mol. The van der Waals surface area contributed by atoms with E-state index in [1.54, 1.807) is 6.08 Å². The Morgan fingerprint density at radius 2 is 2.06 bits per heavy atom. The van der Waals surface area contributed by atoms with Gasteiger partial charge in [-0.25, -0.2) is 0 Å². The molecule has 0 aromatic heterocycles. The number of hydrogen-bond donors (Lipinski definition) is 1. The summed E-state index contributed by atoms with van der Waals surface area (Å²) in [6.45, 7) is 7.59. The van der Waals surface area contributed by atoms with Crippen molar-refractivity contribution in [2.75, 3.05) is 26.7 Å². The molecule has 0 radical (unpaired) electrons. The zero-order valence-corrected chi connectivity index (χ0v) is 10.4. The predicted molar refractivity (Wildman–Crippen MR) is 71.4 cm³/mol. The lowest BCUT2D eigenvalue weighted by molar-refractivity contribution is 0.223. The highest BCUT2D eigenvalue weighted by Gasteiger charge is 1.98. The standard InChI is InChI=1S/C14H23NO/c1-4-6-7-9-14(8-5-2)10-11-15(3)12-13-16/h4-9,16H,2,10-13H2,1,3H3/b6-4-,9-7-,14-8+. The number of likely N-dealkylation sites (N-methyl/N-ethyl adjacent to an activating group) is 1. The van der Waals surface area contributed by atoms with Gasteiger partial charge in [-0.1, -0.05) is 43.0 Å². The van der Waals surface area contributed by atoms with E-state index in [0.717, 1.165) is 19.5 Å². The maximum atomic E-state index is 8.78. The fourth-order valence-electron chi connectivity index (χ4n) is 1.27. The zero-order chi connectivity index (χ0) is 12.2. The molecule has 0 bridgehead atoms. The molecule has 0 aromatic rings. The van der Waals surface area contributed by atoms with Crippen LogP contribution in [-0.2, 0) is 0 Å². The third kappa shape index (κ3) is 8.21. The van der Waals surface area contributed by atoms with E-state index in [9.17, 15) is 0 Å². The molecule has 0 saturated carbocycles. The largest absolute Gasteiger partial charge is 0.395 e. The minimum Gasteiger partial charge on any atom is -0.395 e. The lowest BCUT2D eigenvalue weighted by Gasteiger charge is -2.14. The van der Waals surface area contributed by atoms with Gasteiger partial charge in [0.25, 0.3) is 0 Å². The fourth-order valence-corrected chi connectivity index (χ4v) is 1.27. The van der Waals surface area contributed by atoms with Crippen molar-refractivity contribution in [2.24, 2.45) is 0 Å². The van der Waals surface area contributed by atoms with Gasteiger partial charge in [-0.15, -0.1) is 0 Å². The number of rotatable bonds is 8. The summed E-state index contributed by atoms with van der Waals surface area (Å²) in [6, 6.07) is 0. The molecule has 0 unspecified atom stereocenters. The van der Waals surface area contributed by atoms with Gasteiger partial charge in [-0.05, 0) is 26.0 Å². The van der Waals surface area contributed by atoms with E-state index in [1.807, 2.05) is 38.3 Å². The van der Waals surface area contributed by atoms with Crippen molar-refractivity contribution in [1.29, 1.82) is 0 Å². The summed E-state index contributed by atoms with van der Waals surface area (Å²) >= 11 is 0. The molecule has 16 heavy (non-hydrogen) atoms. The molecule has 90 valence electrons. The van der Waals surface area contributed by atoms with Gasteiger partial charge in [0.1, 0.15) is 0 Å². The third-order valence-electron chi connectivity index (χ3n) is 2.21. The Kier molecular flexibility index (Phi) is 9.67. The average Bonchev–Trinajstić information content (AvgIpc) is 2.26. The first-order valence-corrected chi connectivity index (χ1v) is 5.65. The molecule has 0 amide bonds. The monoisotopic (exact) mass is 221 g/mol. The van der Waals surface area contributed by atoms with Crippen molar-refractivity contribution in [3.8, 4) is 0 Å². The van der Waals surface area contributed by atoms with Gasteiger partial charge >= 0.3 is 0 Å². The molecule has 0 saturated heterocycles. The Labute approximate surface area is 99.3 Å². The van der Waals surface area contributed by atoms with E-state index < -0.39 is 0 Å². The Morgan fingerprint density at radius 1 is 1.31 bits per heavy atom. The molecule has 0 aliphatic heterocycles. The molecular formula is C14H23NO. The second-order valence-electron chi connectivity index (χ2n) is 3.64. The number of nitrogens with zero attached hydrogens (tertiary/aromatic N) is 1. The number of aliphatic hydroxyl groups is 1. The van der Waals surface area contributed by atoms with E-state index >= 15 is 0 Å². The van der Waals surface area contributed by atoms with Crippen LogP contribution in [0.3, 0.4) is 0 Å². The Bertz CT molecular complexity index is 264. The highest BCUT2D eigenvalue weighted by atomic mass is 16.3. The van der Waals surface area contributed by atoms with Gasteiger partial charge in [-0.3, -0.25) is 0 Å². The Morgan fingerprint density at radius 3 is 2.62 bits per heavy atom. The summed E-state index contributed by atoms with van der Waals surface area (Å²) in [5.74, 6) is 0. The maximum absolute atomic E-state index is 8.78. The predicted octanol–water partition coefficient (Wildman–Crippen LogP) is 2.55. The van der Waals surface area contributed by atoms with Gasteiger partial charge in [0.2, 0.25) is 0 Å². The second kappa shape index (κ2) is 10.4. The summed E-state index contributed by atoms with van der Waals surface area (Å²) in [4.78, 5) is 2.11. The third-order valence-corrected chi connectivity index (χ3v) is 2.21. The van der Waals surface area contributed by atoms with E-state index in [4.69, 9.17) is 5.11 Å². The quantitative estimate of drug-likeness (QED) is 0.637. The highest BCUT2D eigenvalue weighted by molar-refractivity contribution is 5.25. The molecule has 0 spiro atoms. The summed E-state index contributed by atoms with van der Waals surface area (Å²) in [7, 11) is 2.01. The van der Waals surface area contributed by atoms with Crippen molar-refractivity contribution in [3.63, 3.8) is 0 Å². The van der Waals surface area contributed by atoms with Crippen molar-refractivity contribution in [1.82, 2.24) is 4.90 Å². The van der Waals surface area contributed by atoms with Crippen LogP contribution in [0.1, 0.15) is 13.3 Å². The molecule has 0 rings (SSSR count). The molecule has 2 nitrogen and oxygen atoms in total. The number of aliphatic hydroxyl groups excluding tert-OH is 1. The van der Waals surface area contributed by atoms with E-state index in [1.165, 1.54) is 5.57 Å². The van der Waals surface area contributed by atoms with Crippen LogP contribution in [0.25, 0.3) is 0 Å². The fraction of sp³-hybridized carbons (Fsp3) is 0.429. The first-order valence-electron chi connectivity index (χ1n) is 5.65. The number of hydrogen-bond acceptors (Lipinski definition) is 2. The van der Waals surface area contributed by atoms with Crippen molar-refractivity contribution < 1.29 is 5.11 Å². The zero-order valence-electron chi connectivity index (χ0n) is 10.4. The average molecular weight is 221 g/mol. The van der Waals surface area contributed by atoms with Crippen LogP contribution < -0.4 is 0 Å². The minimum atomic E-state index is 0.214. The SMILES string of the molecule is C=C\C=C(/C=C\C=C/C)CCN(C)CCO. The highest BCUT2D eigenvalue weighted by Crippen LogP contribution is 2.05. The molecule has 0 aliphatic carbocycles. The van der Waals surface area contributed by atoms with Gasteiger partial charge < -0.3 is 10.0 Å². The van der Waals surface area contributed by atoms with Crippen LogP contribution in [0, 0.1) is 0 Å². The molecule has 2 heteroatoms. The number of allylic oxidation sites excluding steroid dienone is 6. The molecule has 1 N–H and O–H groups in total. The van der Waals surface area contributed by atoms with Gasteiger partial charge in [0, 0.05) is 13.1 Å². The Balaban J connectivity index is 4.14. The maximum Gasteiger partial charge on any atom is 0.0558 e. The molecule has 0 aromatic carbocycles. The first kappa shape index (κ1) is 14.9. The summed E-state index contributed by atoms with van der Waals surface area (Å²) < 4.78 is 0. The van der Waals surface area contributed by atoms with Crippen LogP contribution in [0.2, 0.25) is 0 Å². The topological polar surface area (TPSA) is 23.5 Å². The smallest absolute Gasteiger partial charge is 0.0558 e. The molecule has 0 heterocycles. The van der Waals surface area contributed by atoms with Crippen LogP contribution in [0.5, 0.6) is 0 Å². The van der Waals surface area contributed by atoms with E-state index in [2.05, 4.69) is 17.6 Å². The molecule has 0 aliphatic rings. The van der Waals surface area contributed by atoms with Gasteiger partial charge in [-0.2, -0.15) is 0 Å². The van der Waals surface area contributed by atoms with Crippen LogP contribution >= 0.6 is 0 Å². The van der Waals surface area contributed by atoms with Crippen molar-refractivity contribution in [2.45, 2.75) is 13.3 Å². The van der Waals surface area contributed by atoms with Crippen molar-refractivity contribution >= 4 is 0 Å².